The molecule has 0 saturated carbocycles. The second-order valence-electron chi connectivity index (χ2n) is 4.81. The van der Waals surface area contributed by atoms with Crippen LogP contribution in [0.3, 0.4) is 0 Å². The van der Waals surface area contributed by atoms with E-state index in [1.165, 1.54) is 7.11 Å². The van der Waals surface area contributed by atoms with Crippen LogP contribution in [-0.4, -0.2) is 27.7 Å². The Morgan fingerprint density at radius 3 is 2.69 bits per heavy atom. The lowest BCUT2D eigenvalue weighted by atomic mass is 10.0. The molecule has 16 heavy (non-hydrogen) atoms. The number of hydrogen-bond acceptors (Lipinski definition) is 4. The standard InChI is InChI=1S/C11H20O4Si/c1-13-11(12)14-9-7-5-6-8-10(9)15-16(2,3)4/h7,10H,5-6,8H2,1-4H3. The van der Waals surface area contributed by atoms with Crippen molar-refractivity contribution in [1.82, 2.24) is 0 Å². The fourth-order valence-corrected chi connectivity index (χ4v) is 2.70. The number of allylic oxidation sites excluding steroid dienone is 1. The van der Waals surface area contributed by atoms with Crippen LogP contribution in [0.25, 0.3) is 0 Å². The molecule has 0 radical (unpaired) electrons. The zero-order valence-corrected chi connectivity index (χ0v) is 11.4. The molecule has 0 amide bonds. The highest BCUT2D eigenvalue weighted by molar-refractivity contribution is 6.69. The number of methoxy groups -OCH3 is 1. The molecule has 1 unspecified atom stereocenters. The summed E-state index contributed by atoms with van der Waals surface area (Å²) in [5.41, 5.74) is 0. The Kier molecular flexibility index (Phi) is 4.55. The summed E-state index contributed by atoms with van der Waals surface area (Å²) in [6.45, 7) is 6.37. The van der Waals surface area contributed by atoms with Crippen molar-refractivity contribution in [3.05, 3.63) is 11.8 Å². The van der Waals surface area contributed by atoms with E-state index in [0.29, 0.717) is 5.76 Å². The Bertz CT molecular complexity index is 280. The lowest BCUT2D eigenvalue weighted by molar-refractivity contribution is 0.0673. The average molecular weight is 244 g/mol. The zero-order chi connectivity index (χ0) is 12.2. The molecular weight excluding hydrogens is 224 g/mol. The van der Waals surface area contributed by atoms with Crippen molar-refractivity contribution in [1.29, 1.82) is 0 Å². The second kappa shape index (κ2) is 5.50. The molecule has 1 atom stereocenters. The molecule has 92 valence electrons. The van der Waals surface area contributed by atoms with E-state index in [9.17, 15) is 4.79 Å². The minimum atomic E-state index is -1.62. The molecule has 1 aliphatic rings. The molecule has 0 aromatic heterocycles. The molecule has 1 aliphatic carbocycles. The first-order valence-corrected chi connectivity index (χ1v) is 8.97. The molecule has 0 saturated heterocycles. The molecule has 0 bridgehead atoms. The summed E-state index contributed by atoms with van der Waals surface area (Å²) in [7, 11) is -0.315. The van der Waals surface area contributed by atoms with E-state index in [0.717, 1.165) is 19.3 Å². The fourth-order valence-electron chi connectivity index (χ4n) is 1.61. The van der Waals surface area contributed by atoms with Crippen molar-refractivity contribution in [3.63, 3.8) is 0 Å². The average Bonchev–Trinajstić information content (AvgIpc) is 2.18. The Morgan fingerprint density at radius 2 is 2.12 bits per heavy atom. The van der Waals surface area contributed by atoms with Crippen molar-refractivity contribution in [3.8, 4) is 0 Å². The molecule has 0 N–H and O–H groups in total. The summed E-state index contributed by atoms with van der Waals surface area (Å²) >= 11 is 0. The maximum atomic E-state index is 11.1. The van der Waals surface area contributed by atoms with Crippen LogP contribution in [-0.2, 0) is 13.9 Å². The van der Waals surface area contributed by atoms with Crippen LogP contribution in [0, 0.1) is 0 Å². The second-order valence-corrected chi connectivity index (χ2v) is 9.27. The molecule has 0 aromatic carbocycles. The van der Waals surface area contributed by atoms with Crippen molar-refractivity contribution in [2.24, 2.45) is 0 Å². The van der Waals surface area contributed by atoms with E-state index in [1.807, 2.05) is 6.08 Å². The lowest BCUT2D eigenvalue weighted by Gasteiger charge is -2.29. The van der Waals surface area contributed by atoms with Crippen LogP contribution in [0.1, 0.15) is 19.3 Å². The Labute approximate surface area is 97.7 Å². The van der Waals surface area contributed by atoms with E-state index in [2.05, 4.69) is 24.4 Å². The van der Waals surface area contributed by atoms with Gasteiger partial charge < -0.3 is 13.9 Å². The van der Waals surface area contributed by atoms with Gasteiger partial charge in [-0.3, -0.25) is 0 Å². The smallest absolute Gasteiger partial charge is 0.437 e. The highest BCUT2D eigenvalue weighted by atomic mass is 28.4. The van der Waals surface area contributed by atoms with Crippen molar-refractivity contribution < 1.29 is 18.7 Å². The van der Waals surface area contributed by atoms with Gasteiger partial charge in [0, 0.05) is 0 Å². The summed E-state index contributed by atoms with van der Waals surface area (Å²) in [6.07, 6.45) is 4.08. The number of carbonyl (C=O) groups is 1. The van der Waals surface area contributed by atoms with Crippen molar-refractivity contribution in [2.75, 3.05) is 7.11 Å². The third-order valence-corrected chi connectivity index (χ3v) is 3.19. The van der Waals surface area contributed by atoms with Gasteiger partial charge in [0.05, 0.1) is 7.11 Å². The number of carbonyl (C=O) groups excluding carboxylic acids is 1. The Balaban J connectivity index is 2.63. The summed E-state index contributed by atoms with van der Waals surface area (Å²) in [5.74, 6) is 0.612. The van der Waals surface area contributed by atoms with Crippen LogP contribution < -0.4 is 0 Å². The normalized spacial score (nSPS) is 21.2. The monoisotopic (exact) mass is 244 g/mol. The third-order valence-electron chi connectivity index (χ3n) is 2.20. The Hall–Kier alpha value is -0.813. The number of hydrogen-bond donors (Lipinski definition) is 0. The minimum Gasteiger partial charge on any atom is -0.437 e. The van der Waals surface area contributed by atoms with E-state index >= 15 is 0 Å². The quantitative estimate of drug-likeness (QED) is 0.565. The maximum Gasteiger partial charge on any atom is 0.513 e. The SMILES string of the molecule is COC(=O)OC1=CCCCC1O[Si](C)(C)C. The third kappa shape index (κ3) is 4.36. The number of rotatable bonds is 3. The van der Waals surface area contributed by atoms with Crippen LogP contribution in [0.2, 0.25) is 19.6 Å². The van der Waals surface area contributed by atoms with Crippen LogP contribution >= 0.6 is 0 Å². The predicted octanol–water partition coefficient (Wildman–Crippen LogP) is 3.06. The van der Waals surface area contributed by atoms with Gasteiger partial charge in [0.25, 0.3) is 0 Å². The molecule has 4 nitrogen and oxygen atoms in total. The van der Waals surface area contributed by atoms with E-state index < -0.39 is 14.5 Å². The van der Waals surface area contributed by atoms with Gasteiger partial charge >= 0.3 is 6.16 Å². The molecule has 1 rings (SSSR count). The van der Waals surface area contributed by atoms with Gasteiger partial charge in [-0.05, 0) is 45.0 Å². The van der Waals surface area contributed by atoms with E-state index in [-0.39, 0.29) is 6.10 Å². The lowest BCUT2D eigenvalue weighted by Crippen LogP contribution is -2.35. The van der Waals surface area contributed by atoms with Gasteiger partial charge in [-0.25, -0.2) is 4.79 Å². The maximum absolute atomic E-state index is 11.1. The topological polar surface area (TPSA) is 44.8 Å². The van der Waals surface area contributed by atoms with Gasteiger partial charge in [0.1, 0.15) is 11.9 Å². The molecule has 0 spiro atoms. The minimum absolute atomic E-state index is 0.0838. The van der Waals surface area contributed by atoms with Crippen LogP contribution in [0.5, 0.6) is 0 Å². The van der Waals surface area contributed by atoms with E-state index in [4.69, 9.17) is 9.16 Å². The first kappa shape index (κ1) is 13.3. The van der Waals surface area contributed by atoms with Crippen LogP contribution in [0.15, 0.2) is 11.8 Å². The molecule has 0 heterocycles. The molecule has 0 aliphatic heterocycles. The summed E-state index contributed by atoms with van der Waals surface area (Å²) in [6, 6.07) is 0. The van der Waals surface area contributed by atoms with Crippen molar-refractivity contribution in [2.45, 2.75) is 45.0 Å². The van der Waals surface area contributed by atoms with Gasteiger partial charge in [-0.15, -0.1) is 0 Å². The first-order valence-electron chi connectivity index (χ1n) is 5.56. The first-order chi connectivity index (χ1) is 7.42. The molecule has 0 aromatic rings. The fraction of sp³-hybridized carbons (Fsp3) is 0.727. The van der Waals surface area contributed by atoms with Crippen LogP contribution in [0.4, 0.5) is 4.79 Å². The molecule has 0 fully saturated rings. The summed E-state index contributed by atoms with van der Waals surface area (Å²) in [4.78, 5) is 11.1. The highest BCUT2D eigenvalue weighted by Gasteiger charge is 2.28. The number of ether oxygens (including phenoxy) is 2. The summed E-state index contributed by atoms with van der Waals surface area (Å²) in [5, 5.41) is 0. The summed E-state index contributed by atoms with van der Waals surface area (Å²) < 4.78 is 15.6. The molecule has 5 heteroatoms. The van der Waals surface area contributed by atoms with Gasteiger partial charge in [0.15, 0.2) is 8.32 Å². The highest BCUT2D eigenvalue weighted by Crippen LogP contribution is 2.25. The predicted molar refractivity (Wildman–Crippen MR) is 63.6 cm³/mol. The zero-order valence-electron chi connectivity index (χ0n) is 10.4. The molecular formula is C11H20O4Si. The van der Waals surface area contributed by atoms with Gasteiger partial charge in [-0.2, -0.15) is 0 Å². The van der Waals surface area contributed by atoms with E-state index in [1.54, 1.807) is 0 Å². The Morgan fingerprint density at radius 1 is 1.44 bits per heavy atom. The van der Waals surface area contributed by atoms with Gasteiger partial charge in [-0.1, -0.05) is 0 Å². The van der Waals surface area contributed by atoms with Crippen molar-refractivity contribution >= 4 is 14.5 Å². The largest absolute Gasteiger partial charge is 0.513 e. The van der Waals surface area contributed by atoms with Gasteiger partial charge in [0.2, 0.25) is 0 Å².